The van der Waals surface area contributed by atoms with Gasteiger partial charge in [-0.25, -0.2) is 9.78 Å². The number of aromatic nitrogens is 4. The van der Waals surface area contributed by atoms with Crippen molar-refractivity contribution in [2.24, 2.45) is 0 Å². The van der Waals surface area contributed by atoms with Crippen LogP contribution in [-0.4, -0.2) is 38.1 Å². The highest BCUT2D eigenvalue weighted by molar-refractivity contribution is 5.76. The summed E-state index contributed by atoms with van der Waals surface area (Å²) in [6.45, 7) is 2.44. The van der Waals surface area contributed by atoms with E-state index in [0.29, 0.717) is 6.54 Å². The van der Waals surface area contributed by atoms with Gasteiger partial charge >= 0.3 is 6.03 Å². The Morgan fingerprint density at radius 1 is 1.26 bits per heavy atom. The molecule has 0 fully saturated rings. The third-order valence-corrected chi connectivity index (χ3v) is 5.28. The van der Waals surface area contributed by atoms with E-state index < -0.39 is 0 Å². The van der Waals surface area contributed by atoms with Crippen molar-refractivity contribution < 1.29 is 4.79 Å². The van der Waals surface area contributed by atoms with Crippen LogP contribution in [-0.2, 0) is 19.4 Å². The van der Waals surface area contributed by atoms with Gasteiger partial charge in [-0.3, -0.25) is 5.10 Å². The zero-order valence-corrected chi connectivity index (χ0v) is 15.9. The van der Waals surface area contributed by atoms with Gasteiger partial charge in [-0.05, 0) is 50.3 Å². The molecular formula is C20H26N6O. The van der Waals surface area contributed by atoms with E-state index >= 15 is 0 Å². The fraction of sp³-hybridized carbons (Fsp3) is 0.450. The Balaban J connectivity index is 1.41. The lowest BCUT2D eigenvalue weighted by atomic mass is 10.1. The lowest BCUT2D eigenvalue weighted by Gasteiger charge is -2.20. The fourth-order valence-electron chi connectivity index (χ4n) is 3.70. The van der Waals surface area contributed by atoms with Gasteiger partial charge in [0.15, 0.2) is 0 Å². The van der Waals surface area contributed by atoms with Crippen molar-refractivity contribution in [2.75, 3.05) is 7.05 Å². The zero-order chi connectivity index (χ0) is 18.8. The predicted molar refractivity (Wildman–Crippen MR) is 104 cm³/mol. The molecule has 1 aliphatic carbocycles. The SMILES string of the molecule is C[C@@H](NC(=O)N(C)Cc1n[nH]c2c1CCCCC2)c1nc2ccccc2[nH]1. The number of nitrogens with one attached hydrogen (secondary N) is 3. The first-order valence-electron chi connectivity index (χ1n) is 9.63. The van der Waals surface area contributed by atoms with Crippen LogP contribution in [0.1, 0.15) is 55.0 Å². The lowest BCUT2D eigenvalue weighted by Crippen LogP contribution is -2.38. The summed E-state index contributed by atoms with van der Waals surface area (Å²) in [6.07, 6.45) is 5.76. The number of urea groups is 1. The van der Waals surface area contributed by atoms with Crippen LogP contribution in [0.3, 0.4) is 0 Å². The number of carbonyl (C=O) groups is 1. The molecule has 0 spiro atoms. The number of carbonyl (C=O) groups excluding carboxylic acids is 1. The number of fused-ring (bicyclic) bond motifs is 2. The molecule has 3 aromatic rings. The monoisotopic (exact) mass is 366 g/mol. The maximum absolute atomic E-state index is 12.6. The van der Waals surface area contributed by atoms with Crippen LogP contribution >= 0.6 is 0 Å². The van der Waals surface area contributed by atoms with Crippen LogP contribution in [0, 0.1) is 0 Å². The second-order valence-corrected chi connectivity index (χ2v) is 7.35. The molecule has 7 nitrogen and oxygen atoms in total. The lowest BCUT2D eigenvalue weighted by molar-refractivity contribution is 0.202. The molecule has 0 bridgehead atoms. The number of rotatable bonds is 4. The molecule has 0 aliphatic heterocycles. The number of aromatic amines is 2. The number of nitrogens with zero attached hydrogens (tertiary/aromatic N) is 3. The summed E-state index contributed by atoms with van der Waals surface area (Å²) in [6, 6.07) is 7.52. The largest absolute Gasteiger partial charge is 0.340 e. The first kappa shape index (κ1) is 17.6. The molecule has 0 unspecified atom stereocenters. The molecular weight excluding hydrogens is 340 g/mol. The quantitative estimate of drug-likeness (QED) is 0.618. The van der Waals surface area contributed by atoms with Crippen molar-refractivity contribution in [1.29, 1.82) is 0 Å². The number of imidazole rings is 1. The molecule has 0 radical (unpaired) electrons. The van der Waals surface area contributed by atoms with E-state index in [0.717, 1.165) is 35.4 Å². The first-order valence-corrected chi connectivity index (χ1v) is 9.63. The van der Waals surface area contributed by atoms with Crippen molar-refractivity contribution >= 4 is 17.1 Å². The van der Waals surface area contributed by atoms with Crippen LogP contribution in [0.15, 0.2) is 24.3 Å². The van der Waals surface area contributed by atoms with E-state index in [-0.39, 0.29) is 12.1 Å². The second-order valence-electron chi connectivity index (χ2n) is 7.35. The van der Waals surface area contributed by atoms with Crippen molar-refractivity contribution in [3.05, 3.63) is 47.0 Å². The van der Waals surface area contributed by atoms with Gasteiger partial charge in [0.05, 0.1) is 29.3 Å². The molecule has 2 amide bonds. The minimum Gasteiger partial charge on any atom is -0.340 e. The Morgan fingerprint density at radius 2 is 2.07 bits per heavy atom. The van der Waals surface area contributed by atoms with Crippen LogP contribution in [0.4, 0.5) is 4.79 Å². The molecule has 2 heterocycles. The number of aryl methyl sites for hydroxylation is 1. The summed E-state index contributed by atoms with van der Waals surface area (Å²) in [7, 11) is 1.80. The number of hydrogen-bond donors (Lipinski definition) is 3. The van der Waals surface area contributed by atoms with Gasteiger partial charge in [-0.15, -0.1) is 0 Å². The topological polar surface area (TPSA) is 89.7 Å². The van der Waals surface area contributed by atoms with Crippen LogP contribution in [0.25, 0.3) is 11.0 Å². The van der Waals surface area contributed by atoms with E-state index in [4.69, 9.17) is 0 Å². The molecule has 142 valence electrons. The van der Waals surface area contributed by atoms with E-state index in [1.54, 1.807) is 11.9 Å². The van der Waals surface area contributed by atoms with Crippen molar-refractivity contribution in [3.63, 3.8) is 0 Å². The number of para-hydroxylation sites is 2. The maximum Gasteiger partial charge on any atom is 0.318 e. The van der Waals surface area contributed by atoms with Gasteiger partial charge in [-0.1, -0.05) is 18.6 Å². The number of amides is 2. The van der Waals surface area contributed by atoms with Crippen LogP contribution < -0.4 is 5.32 Å². The zero-order valence-electron chi connectivity index (χ0n) is 15.9. The second kappa shape index (κ2) is 7.42. The summed E-state index contributed by atoms with van der Waals surface area (Å²) < 4.78 is 0. The van der Waals surface area contributed by atoms with Crippen molar-refractivity contribution in [2.45, 2.75) is 51.6 Å². The number of benzene rings is 1. The third-order valence-electron chi connectivity index (χ3n) is 5.28. The first-order chi connectivity index (χ1) is 13.1. The summed E-state index contributed by atoms with van der Waals surface area (Å²) in [5.41, 5.74) is 5.41. The summed E-state index contributed by atoms with van der Waals surface area (Å²) in [5.74, 6) is 0.756. The maximum atomic E-state index is 12.6. The minimum atomic E-state index is -0.205. The van der Waals surface area contributed by atoms with E-state index in [2.05, 4.69) is 25.5 Å². The van der Waals surface area contributed by atoms with E-state index in [9.17, 15) is 4.79 Å². The summed E-state index contributed by atoms with van der Waals surface area (Å²) in [5, 5.41) is 10.6. The molecule has 7 heteroatoms. The van der Waals surface area contributed by atoms with Gasteiger partial charge < -0.3 is 15.2 Å². The molecule has 0 saturated carbocycles. The average Bonchev–Trinajstić information content (AvgIpc) is 3.18. The third kappa shape index (κ3) is 3.67. The number of H-pyrrole nitrogens is 2. The van der Waals surface area contributed by atoms with E-state index in [1.165, 1.54) is 30.5 Å². The molecule has 2 aromatic heterocycles. The Kier molecular flexibility index (Phi) is 4.83. The van der Waals surface area contributed by atoms with Gasteiger partial charge in [0.1, 0.15) is 5.82 Å². The van der Waals surface area contributed by atoms with Crippen LogP contribution in [0.2, 0.25) is 0 Å². The van der Waals surface area contributed by atoms with Gasteiger partial charge in [0.2, 0.25) is 0 Å². The highest BCUT2D eigenvalue weighted by Crippen LogP contribution is 2.22. The highest BCUT2D eigenvalue weighted by Gasteiger charge is 2.20. The van der Waals surface area contributed by atoms with Crippen LogP contribution in [0.5, 0.6) is 0 Å². The molecule has 4 rings (SSSR count). The molecule has 3 N–H and O–H groups in total. The highest BCUT2D eigenvalue weighted by atomic mass is 16.2. The average molecular weight is 366 g/mol. The van der Waals surface area contributed by atoms with Crippen molar-refractivity contribution in [1.82, 2.24) is 30.4 Å². The van der Waals surface area contributed by atoms with Gasteiger partial charge in [0, 0.05) is 12.7 Å². The van der Waals surface area contributed by atoms with Gasteiger partial charge in [0.25, 0.3) is 0 Å². The molecule has 1 aromatic carbocycles. The Hall–Kier alpha value is -2.83. The molecule has 27 heavy (non-hydrogen) atoms. The minimum absolute atomic E-state index is 0.131. The fourth-order valence-corrected chi connectivity index (χ4v) is 3.70. The number of hydrogen-bond acceptors (Lipinski definition) is 3. The molecule has 1 aliphatic rings. The standard InChI is InChI=1S/C20H26N6O/c1-13(19-22-16-10-6-7-11-17(16)23-19)21-20(27)26(2)12-18-14-8-4-3-5-9-15(14)24-25-18/h6-7,10-11,13H,3-5,8-9,12H2,1-2H3,(H,21,27)(H,22,23)(H,24,25)/t13-/m1/s1. The van der Waals surface area contributed by atoms with Crippen molar-refractivity contribution in [3.8, 4) is 0 Å². The smallest absolute Gasteiger partial charge is 0.318 e. The summed E-state index contributed by atoms with van der Waals surface area (Å²) >= 11 is 0. The Bertz CT molecular complexity index is 910. The molecule has 0 saturated heterocycles. The Labute approximate surface area is 158 Å². The predicted octanol–water partition coefficient (Wildman–Crippen LogP) is 3.46. The summed E-state index contributed by atoms with van der Waals surface area (Å²) in [4.78, 5) is 22.2. The normalized spacial score (nSPS) is 15.2. The Morgan fingerprint density at radius 3 is 2.93 bits per heavy atom. The molecule has 1 atom stereocenters. The van der Waals surface area contributed by atoms with E-state index in [1.807, 2.05) is 31.2 Å². The van der Waals surface area contributed by atoms with Gasteiger partial charge in [-0.2, -0.15) is 5.10 Å².